The van der Waals surface area contributed by atoms with Crippen molar-refractivity contribution in [3.8, 4) is 0 Å². The molecule has 0 radical (unpaired) electrons. The van der Waals surface area contributed by atoms with Crippen molar-refractivity contribution in [1.82, 2.24) is 4.90 Å². The summed E-state index contributed by atoms with van der Waals surface area (Å²) in [6.45, 7) is 6.00. The van der Waals surface area contributed by atoms with Crippen LogP contribution in [0.5, 0.6) is 0 Å². The van der Waals surface area contributed by atoms with Crippen molar-refractivity contribution >= 4 is 5.69 Å². The summed E-state index contributed by atoms with van der Waals surface area (Å²) in [5.74, 6) is 0.895. The van der Waals surface area contributed by atoms with Crippen LogP contribution >= 0.6 is 0 Å². The third-order valence-electron chi connectivity index (χ3n) is 4.06. The van der Waals surface area contributed by atoms with E-state index < -0.39 is 0 Å². The number of nitrogens with zero attached hydrogens (tertiary/aromatic N) is 1. The van der Waals surface area contributed by atoms with Crippen LogP contribution in [0.2, 0.25) is 0 Å². The molecule has 86 valence electrons. The molecule has 3 aliphatic rings. The van der Waals surface area contributed by atoms with Crippen molar-refractivity contribution in [1.29, 1.82) is 0 Å². The first-order valence-corrected chi connectivity index (χ1v) is 6.37. The van der Waals surface area contributed by atoms with E-state index >= 15 is 0 Å². The van der Waals surface area contributed by atoms with Gasteiger partial charge in [-0.2, -0.15) is 0 Å². The second-order valence-corrected chi connectivity index (χ2v) is 5.25. The van der Waals surface area contributed by atoms with Gasteiger partial charge in [-0.3, -0.25) is 0 Å². The molecule has 2 bridgehead atoms. The predicted octanol–water partition coefficient (Wildman–Crippen LogP) is 2.50. The quantitative estimate of drug-likeness (QED) is 0.817. The van der Waals surface area contributed by atoms with Gasteiger partial charge in [0.25, 0.3) is 0 Å². The van der Waals surface area contributed by atoms with Crippen molar-refractivity contribution in [2.75, 3.05) is 25.0 Å². The topological polar surface area (TPSA) is 15.3 Å². The summed E-state index contributed by atoms with van der Waals surface area (Å²) in [6.07, 6.45) is 2.76. The van der Waals surface area contributed by atoms with Crippen LogP contribution < -0.4 is 5.32 Å². The Bertz CT molecular complexity index is 350. The normalized spacial score (nSPS) is 32.7. The van der Waals surface area contributed by atoms with Crippen LogP contribution in [0.3, 0.4) is 0 Å². The van der Waals surface area contributed by atoms with Crippen molar-refractivity contribution in [2.45, 2.75) is 25.8 Å². The fourth-order valence-corrected chi connectivity index (χ4v) is 2.99. The van der Waals surface area contributed by atoms with Crippen LogP contribution in [0.1, 0.15) is 18.4 Å². The van der Waals surface area contributed by atoms with E-state index in [4.69, 9.17) is 0 Å². The Kier molecular flexibility index (Phi) is 2.60. The Morgan fingerprint density at radius 2 is 1.81 bits per heavy atom. The summed E-state index contributed by atoms with van der Waals surface area (Å²) in [6, 6.07) is 9.44. The van der Waals surface area contributed by atoms with E-state index in [0.29, 0.717) is 6.04 Å². The lowest BCUT2D eigenvalue weighted by Gasteiger charge is -2.45. The molecular formula is C14H20N2. The number of anilines is 1. The molecule has 1 atom stereocenters. The molecule has 1 N–H and O–H groups in total. The third kappa shape index (κ3) is 1.94. The first kappa shape index (κ1) is 10.2. The van der Waals surface area contributed by atoms with Gasteiger partial charge < -0.3 is 10.2 Å². The zero-order chi connectivity index (χ0) is 11.0. The van der Waals surface area contributed by atoms with Gasteiger partial charge in [-0.1, -0.05) is 17.7 Å². The molecule has 2 nitrogen and oxygen atoms in total. The lowest BCUT2D eigenvalue weighted by atomic mass is 9.84. The zero-order valence-corrected chi connectivity index (χ0v) is 9.95. The Morgan fingerprint density at radius 3 is 2.38 bits per heavy atom. The molecule has 1 aromatic carbocycles. The molecule has 16 heavy (non-hydrogen) atoms. The summed E-state index contributed by atoms with van der Waals surface area (Å²) in [7, 11) is 0. The molecule has 3 heterocycles. The van der Waals surface area contributed by atoms with Crippen LogP contribution in [0, 0.1) is 12.8 Å². The van der Waals surface area contributed by atoms with Gasteiger partial charge in [-0.15, -0.1) is 0 Å². The van der Waals surface area contributed by atoms with E-state index in [-0.39, 0.29) is 0 Å². The summed E-state index contributed by atoms with van der Waals surface area (Å²) < 4.78 is 0. The predicted molar refractivity (Wildman–Crippen MR) is 67.8 cm³/mol. The fraction of sp³-hybridized carbons (Fsp3) is 0.571. The van der Waals surface area contributed by atoms with Crippen LogP contribution in [0.15, 0.2) is 24.3 Å². The second kappa shape index (κ2) is 4.10. The highest BCUT2D eigenvalue weighted by Gasteiger charge is 2.33. The molecular weight excluding hydrogens is 196 g/mol. The van der Waals surface area contributed by atoms with Gasteiger partial charge in [0, 0.05) is 18.3 Å². The van der Waals surface area contributed by atoms with Crippen molar-refractivity contribution in [3.05, 3.63) is 29.8 Å². The zero-order valence-electron chi connectivity index (χ0n) is 9.95. The smallest absolute Gasteiger partial charge is 0.0417 e. The minimum absolute atomic E-state index is 0.671. The number of piperidine rings is 3. The molecule has 0 saturated carbocycles. The van der Waals surface area contributed by atoms with E-state index in [2.05, 4.69) is 41.4 Å². The Balaban J connectivity index is 1.68. The Hall–Kier alpha value is -1.02. The fourth-order valence-electron chi connectivity index (χ4n) is 2.99. The van der Waals surface area contributed by atoms with Gasteiger partial charge in [0.1, 0.15) is 0 Å². The van der Waals surface area contributed by atoms with E-state index in [9.17, 15) is 0 Å². The Morgan fingerprint density at radius 1 is 1.12 bits per heavy atom. The number of hydrogen-bond acceptors (Lipinski definition) is 2. The first-order valence-electron chi connectivity index (χ1n) is 6.37. The molecule has 1 aromatic rings. The van der Waals surface area contributed by atoms with Gasteiger partial charge in [-0.05, 0) is 50.9 Å². The highest BCUT2D eigenvalue weighted by Crippen LogP contribution is 2.29. The molecule has 3 saturated heterocycles. The van der Waals surface area contributed by atoms with Crippen LogP contribution in [-0.2, 0) is 0 Å². The van der Waals surface area contributed by atoms with Crippen molar-refractivity contribution < 1.29 is 0 Å². The van der Waals surface area contributed by atoms with E-state index in [1.54, 1.807) is 0 Å². The summed E-state index contributed by atoms with van der Waals surface area (Å²) in [5.41, 5.74) is 2.61. The van der Waals surface area contributed by atoms with E-state index in [1.165, 1.54) is 43.7 Å². The lowest BCUT2D eigenvalue weighted by molar-refractivity contribution is 0.0975. The number of hydrogen-bond donors (Lipinski definition) is 1. The van der Waals surface area contributed by atoms with Gasteiger partial charge in [0.15, 0.2) is 0 Å². The minimum Gasteiger partial charge on any atom is -0.381 e. The maximum atomic E-state index is 3.70. The number of fused-ring (bicyclic) bond motifs is 3. The minimum atomic E-state index is 0.671. The number of nitrogens with one attached hydrogen (secondary N) is 1. The SMILES string of the molecule is Cc1ccc(NC2CN3CCC2CC3)cc1. The number of aryl methyl sites for hydroxylation is 1. The van der Waals surface area contributed by atoms with Crippen LogP contribution in [0.25, 0.3) is 0 Å². The van der Waals surface area contributed by atoms with Crippen molar-refractivity contribution in [3.63, 3.8) is 0 Å². The maximum Gasteiger partial charge on any atom is 0.0417 e. The summed E-state index contributed by atoms with van der Waals surface area (Å²) >= 11 is 0. The van der Waals surface area contributed by atoms with Gasteiger partial charge >= 0.3 is 0 Å². The highest BCUT2D eigenvalue weighted by atomic mass is 15.2. The summed E-state index contributed by atoms with van der Waals surface area (Å²) in [4.78, 5) is 2.59. The average molecular weight is 216 g/mol. The summed E-state index contributed by atoms with van der Waals surface area (Å²) in [5, 5.41) is 3.70. The van der Waals surface area contributed by atoms with E-state index in [0.717, 1.165) is 5.92 Å². The van der Waals surface area contributed by atoms with E-state index in [1.807, 2.05) is 0 Å². The Labute approximate surface area is 97.6 Å². The molecule has 3 aliphatic heterocycles. The monoisotopic (exact) mass is 216 g/mol. The molecule has 0 aliphatic carbocycles. The van der Waals surface area contributed by atoms with Gasteiger partial charge in [0.05, 0.1) is 0 Å². The van der Waals surface area contributed by atoms with Crippen molar-refractivity contribution in [2.24, 2.45) is 5.92 Å². The van der Waals surface area contributed by atoms with Crippen LogP contribution in [-0.4, -0.2) is 30.6 Å². The molecule has 2 heteroatoms. The second-order valence-electron chi connectivity index (χ2n) is 5.25. The molecule has 4 rings (SSSR count). The molecule has 3 fully saturated rings. The molecule has 0 spiro atoms. The molecule has 0 amide bonds. The number of benzene rings is 1. The highest BCUT2D eigenvalue weighted by molar-refractivity contribution is 5.45. The van der Waals surface area contributed by atoms with Gasteiger partial charge in [-0.25, -0.2) is 0 Å². The standard InChI is InChI=1S/C14H20N2/c1-11-2-4-13(5-3-11)15-14-10-16-8-6-12(14)7-9-16/h2-5,12,14-15H,6-10H2,1H3. The third-order valence-corrected chi connectivity index (χ3v) is 4.06. The van der Waals surface area contributed by atoms with Crippen LogP contribution in [0.4, 0.5) is 5.69 Å². The first-order chi connectivity index (χ1) is 7.81. The number of rotatable bonds is 2. The largest absolute Gasteiger partial charge is 0.381 e. The maximum absolute atomic E-state index is 3.70. The molecule has 0 aromatic heterocycles. The lowest BCUT2D eigenvalue weighted by Crippen LogP contribution is -2.53. The molecule has 1 unspecified atom stereocenters. The van der Waals surface area contributed by atoms with Gasteiger partial charge in [0.2, 0.25) is 0 Å². The average Bonchev–Trinajstić information content (AvgIpc) is 2.34.